The maximum Gasteiger partial charge on any atom is 0.212 e. The first-order chi connectivity index (χ1) is 7.09. The minimum Gasteiger partial charge on any atom is -1.00 e. The van der Waals surface area contributed by atoms with Crippen molar-refractivity contribution in [3.63, 3.8) is 0 Å². The molecule has 86 valence electrons. The molecule has 1 aromatic heterocycles. The van der Waals surface area contributed by atoms with E-state index in [2.05, 4.69) is 67.9 Å². The van der Waals surface area contributed by atoms with Crippen molar-refractivity contribution in [3.8, 4) is 0 Å². The van der Waals surface area contributed by atoms with E-state index in [1.165, 1.54) is 22.3 Å². The molecule has 0 radical (unpaired) electrons. The minimum atomic E-state index is 0. The summed E-state index contributed by atoms with van der Waals surface area (Å²) in [6, 6.07) is 10.9. The van der Waals surface area contributed by atoms with Gasteiger partial charge in [0.15, 0.2) is 5.69 Å². The van der Waals surface area contributed by atoms with E-state index in [1.807, 2.05) is 0 Å². The molecular formula is C13H17IN2. The van der Waals surface area contributed by atoms with E-state index in [0.29, 0.717) is 0 Å². The lowest BCUT2D eigenvalue weighted by Gasteiger charge is -2.12. The highest BCUT2D eigenvalue weighted by Crippen LogP contribution is 2.18. The summed E-state index contributed by atoms with van der Waals surface area (Å²) in [5.74, 6) is 0. The van der Waals surface area contributed by atoms with Gasteiger partial charge in [0.2, 0.25) is 5.52 Å². The van der Waals surface area contributed by atoms with Crippen LogP contribution in [0.15, 0.2) is 30.3 Å². The van der Waals surface area contributed by atoms with E-state index < -0.39 is 0 Å². The molecule has 0 saturated heterocycles. The van der Waals surface area contributed by atoms with Gasteiger partial charge in [0.25, 0.3) is 0 Å². The summed E-state index contributed by atoms with van der Waals surface area (Å²) < 4.78 is 2.22. The minimum absolute atomic E-state index is 0. The average molecular weight is 328 g/mol. The maximum absolute atomic E-state index is 2.22. The Hall–Kier alpha value is -0.840. The number of hydrogen-bond acceptors (Lipinski definition) is 1. The van der Waals surface area contributed by atoms with E-state index in [4.69, 9.17) is 0 Å². The molecule has 3 heteroatoms. The van der Waals surface area contributed by atoms with Crippen LogP contribution in [-0.2, 0) is 7.05 Å². The normalized spacial score (nSPS) is 10.0. The second kappa shape index (κ2) is 4.99. The number of halogens is 1. The highest BCUT2D eigenvalue weighted by molar-refractivity contribution is 5.80. The van der Waals surface area contributed by atoms with Crippen LogP contribution in [0.3, 0.4) is 0 Å². The lowest BCUT2D eigenvalue weighted by molar-refractivity contribution is -0.651. The third-order valence-corrected chi connectivity index (χ3v) is 2.92. The average Bonchev–Trinajstić information content (AvgIpc) is 2.23. The number of hydrogen-bond donors (Lipinski definition) is 0. The molecule has 0 amide bonds. The van der Waals surface area contributed by atoms with Crippen molar-refractivity contribution >= 4 is 16.6 Å². The zero-order chi connectivity index (χ0) is 11.0. The monoisotopic (exact) mass is 328 g/mol. The first kappa shape index (κ1) is 13.2. The number of aromatic nitrogens is 1. The Morgan fingerprint density at radius 1 is 1.06 bits per heavy atom. The SMILES string of the molecule is Cc1ccc2cc(N(C)C)ccc2[n+]1C.[I-]. The van der Waals surface area contributed by atoms with Crippen LogP contribution >= 0.6 is 0 Å². The zero-order valence-corrected chi connectivity index (χ0v) is 12.3. The summed E-state index contributed by atoms with van der Waals surface area (Å²) in [5.41, 5.74) is 3.80. The van der Waals surface area contributed by atoms with E-state index in [1.54, 1.807) is 0 Å². The molecule has 0 N–H and O–H groups in total. The van der Waals surface area contributed by atoms with Gasteiger partial charge in [-0.1, -0.05) is 0 Å². The van der Waals surface area contributed by atoms with E-state index in [-0.39, 0.29) is 24.0 Å². The fraction of sp³-hybridized carbons (Fsp3) is 0.308. The molecule has 0 saturated carbocycles. The van der Waals surface area contributed by atoms with Gasteiger partial charge in [-0.2, -0.15) is 4.57 Å². The van der Waals surface area contributed by atoms with E-state index in [9.17, 15) is 0 Å². The summed E-state index contributed by atoms with van der Waals surface area (Å²) >= 11 is 0. The van der Waals surface area contributed by atoms with Crippen LogP contribution in [-0.4, -0.2) is 14.1 Å². The molecule has 16 heavy (non-hydrogen) atoms. The summed E-state index contributed by atoms with van der Waals surface area (Å²) in [5, 5.41) is 1.29. The highest BCUT2D eigenvalue weighted by atomic mass is 127. The van der Waals surface area contributed by atoms with Gasteiger partial charge in [-0.3, -0.25) is 0 Å². The van der Waals surface area contributed by atoms with Gasteiger partial charge in [0, 0.05) is 44.2 Å². The third kappa shape index (κ3) is 2.29. The van der Waals surface area contributed by atoms with Crippen LogP contribution in [0.25, 0.3) is 10.9 Å². The van der Waals surface area contributed by atoms with Crippen molar-refractivity contribution in [2.24, 2.45) is 7.05 Å². The molecule has 0 aliphatic carbocycles. The number of nitrogens with zero attached hydrogens (tertiary/aromatic N) is 2. The number of pyridine rings is 1. The molecule has 2 rings (SSSR count). The Morgan fingerprint density at radius 2 is 1.75 bits per heavy atom. The molecule has 0 unspecified atom stereocenters. The fourth-order valence-electron chi connectivity index (χ4n) is 1.77. The Balaban J connectivity index is 0.00000128. The van der Waals surface area contributed by atoms with Crippen molar-refractivity contribution in [3.05, 3.63) is 36.0 Å². The smallest absolute Gasteiger partial charge is 0.212 e. The van der Waals surface area contributed by atoms with E-state index >= 15 is 0 Å². The predicted molar refractivity (Wildman–Crippen MR) is 64.2 cm³/mol. The van der Waals surface area contributed by atoms with Crippen LogP contribution < -0.4 is 33.4 Å². The number of fused-ring (bicyclic) bond motifs is 1. The quantitative estimate of drug-likeness (QED) is 0.483. The van der Waals surface area contributed by atoms with Crippen molar-refractivity contribution in [2.45, 2.75) is 6.92 Å². The van der Waals surface area contributed by atoms with Gasteiger partial charge in [0.05, 0.1) is 0 Å². The maximum atomic E-state index is 2.22. The van der Waals surface area contributed by atoms with Crippen molar-refractivity contribution < 1.29 is 28.5 Å². The molecule has 1 heterocycles. The molecule has 0 fully saturated rings. The summed E-state index contributed by atoms with van der Waals surface area (Å²) in [7, 11) is 6.23. The Morgan fingerprint density at radius 3 is 2.38 bits per heavy atom. The second-order valence-corrected chi connectivity index (χ2v) is 4.17. The molecule has 0 bridgehead atoms. The number of rotatable bonds is 1. The predicted octanol–water partition coefficient (Wildman–Crippen LogP) is -0.957. The highest BCUT2D eigenvalue weighted by Gasteiger charge is 2.08. The van der Waals surface area contributed by atoms with Gasteiger partial charge in [-0.25, -0.2) is 0 Å². The van der Waals surface area contributed by atoms with Crippen LogP contribution in [0.5, 0.6) is 0 Å². The summed E-state index contributed by atoms with van der Waals surface area (Å²) in [6.45, 7) is 2.12. The Bertz CT molecular complexity index is 507. The lowest BCUT2D eigenvalue weighted by Crippen LogP contribution is -3.00. The molecule has 2 nitrogen and oxygen atoms in total. The van der Waals surface area contributed by atoms with Gasteiger partial charge in [-0.05, 0) is 18.2 Å². The van der Waals surface area contributed by atoms with Crippen LogP contribution in [0.4, 0.5) is 5.69 Å². The lowest BCUT2D eigenvalue weighted by atomic mass is 10.1. The molecular weight excluding hydrogens is 311 g/mol. The van der Waals surface area contributed by atoms with E-state index in [0.717, 1.165) is 0 Å². The fourth-order valence-corrected chi connectivity index (χ4v) is 1.77. The number of anilines is 1. The molecule has 2 aromatic rings. The molecule has 0 atom stereocenters. The van der Waals surface area contributed by atoms with Crippen LogP contribution in [0, 0.1) is 6.92 Å². The Kier molecular flexibility index (Phi) is 4.13. The van der Waals surface area contributed by atoms with Crippen molar-refractivity contribution in [1.82, 2.24) is 0 Å². The van der Waals surface area contributed by atoms with Gasteiger partial charge in [0.1, 0.15) is 7.05 Å². The second-order valence-electron chi connectivity index (χ2n) is 4.17. The van der Waals surface area contributed by atoms with Crippen LogP contribution in [0.1, 0.15) is 5.69 Å². The number of benzene rings is 1. The van der Waals surface area contributed by atoms with Crippen molar-refractivity contribution in [2.75, 3.05) is 19.0 Å². The van der Waals surface area contributed by atoms with Gasteiger partial charge >= 0.3 is 0 Å². The van der Waals surface area contributed by atoms with Crippen LogP contribution in [0.2, 0.25) is 0 Å². The molecule has 0 aliphatic rings. The molecule has 1 aromatic carbocycles. The number of aryl methyl sites for hydroxylation is 2. The standard InChI is InChI=1S/C13H17N2.HI/c1-10-5-6-11-9-12(14(2)3)7-8-13(11)15(10)4;/h5-9H,1-4H3;1H/q+1;/p-1. The first-order valence-corrected chi connectivity index (χ1v) is 5.16. The molecule has 0 spiro atoms. The largest absolute Gasteiger partial charge is 1.00 e. The zero-order valence-electron chi connectivity index (χ0n) is 10.2. The first-order valence-electron chi connectivity index (χ1n) is 5.16. The van der Waals surface area contributed by atoms with Gasteiger partial charge < -0.3 is 28.9 Å². The Labute approximate surface area is 114 Å². The summed E-state index contributed by atoms with van der Waals surface area (Å²) in [4.78, 5) is 2.12. The van der Waals surface area contributed by atoms with Gasteiger partial charge in [-0.15, -0.1) is 0 Å². The summed E-state index contributed by atoms with van der Waals surface area (Å²) in [6.07, 6.45) is 0. The third-order valence-electron chi connectivity index (χ3n) is 2.92. The topological polar surface area (TPSA) is 7.12 Å². The molecule has 0 aliphatic heterocycles. The van der Waals surface area contributed by atoms with Crippen molar-refractivity contribution in [1.29, 1.82) is 0 Å².